The van der Waals surface area contributed by atoms with Crippen molar-refractivity contribution in [3.8, 4) is 0 Å². The molecule has 6 N–H and O–H groups in total. The molecule has 0 aromatic carbocycles. The van der Waals surface area contributed by atoms with Gasteiger partial charge in [0.1, 0.15) is 24.4 Å². The third kappa shape index (κ3) is 41.4. The second-order valence-corrected chi connectivity index (χ2v) is 21.5. The quantitative estimate of drug-likeness (QED) is 0.0261. The summed E-state index contributed by atoms with van der Waals surface area (Å²) in [5, 5.41) is 54.5. The molecule has 1 fully saturated rings. The first-order chi connectivity index (χ1) is 34.8. The van der Waals surface area contributed by atoms with Crippen LogP contribution >= 0.6 is 0 Å². The molecule has 71 heavy (non-hydrogen) atoms. The molecule has 0 saturated carbocycles. The van der Waals surface area contributed by atoms with E-state index in [4.69, 9.17) is 9.47 Å². The minimum atomic E-state index is -1.56. The Balaban J connectivity index is 2.11. The van der Waals surface area contributed by atoms with Crippen LogP contribution in [0.1, 0.15) is 296 Å². The molecule has 0 bridgehead atoms. The minimum Gasteiger partial charge on any atom is -0.394 e. The van der Waals surface area contributed by atoms with E-state index in [9.17, 15) is 30.3 Å². The van der Waals surface area contributed by atoms with Crippen LogP contribution in [-0.4, -0.2) is 87.5 Å². The Bertz CT molecular complexity index is 1210. The van der Waals surface area contributed by atoms with Crippen LogP contribution in [0.25, 0.3) is 0 Å². The Morgan fingerprint density at radius 1 is 0.479 bits per heavy atom. The van der Waals surface area contributed by atoms with Gasteiger partial charge in [-0.2, -0.15) is 0 Å². The largest absolute Gasteiger partial charge is 0.394 e. The molecule has 1 amide bonds. The molecule has 0 spiro atoms. The lowest BCUT2D eigenvalue weighted by Crippen LogP contribution is -2.60. The molecule has 9 heteroatoms. The normalized spacial score (nSPS) is 19.5. The predicted octanol–water partition coefficient (Wildman–Crippen LogP) is 15.5. The zero-order valence-corrected chi connectivity index (χ0v) is 46.5. The van der Waals surface area contributed by atoms with Gasteiger partial charge in [-0.05, 0) is 51.4 Å². The molecule has 0 aromatic heterocycles. The van der Waals surface area contributed by atoms with Gasteiger partial charge in [0, 0.05) is 6.42 Å². The van der Waals surface area contributed by atoms with Crippen molar-refractivity contribution < 1.29 is 39.8 Å². The topological polar surface area (TPSA) is 149 Å². The molecule has 1 aliphatic rings. The van der Waals surface area contributed by atoms with E-state index in [0.29, 0.717) is 6.42 Å². The first-order valence-corrected chi connectivity index (χ1v) is 30.7. The number of unbranched alkanes of at least 4 members (excludes halogenated alkanes) is 39. The van der Waals surface area contributed by atoms with Gasteiger partial charge < -0.3 is 40.3 Å². The fourth-order valence-corrected chi connectivity index (χ4v) is 9.84. The Hall–Kier alpha value is -1.59. The van der Waals surface area contributed by atoms with Crippen LogP contribution in [0.4, 0.5) is 0 Å². The highest BCUT2D eigenvalue weighted by Crippen LogP contribution is 2.23. The second-order valence-electron chi connectivity index (χ2n) is 21.5. The summed E-state index contributed by atoms with van der Waals surface area (Å²) in [7, 11) is 0. The Labute approximate surface area is 438 Å². The Kier molecular flexibility index (Phi) is 49.3. The van der Waals surface area contributed by atoms with E-state index in [1.165, 1.54) is 231 Å². The standard InChI is InChI=1S/C62H117NO8/c1-3-5-7-9-11-13-15-17-19-20-21-22-23-24-25-26-27-28-29-30-31-32-33-34-35-36-38-40-42-44-46-48-50-52-58(66)63-55(54-70-62-61(69)60(68)59(67)57(53-64)71-62)56(65)51-49-47-45-43-41-39-37-18-16-14-12-10-8-6-4-2/h15,17,20-21,49,51,55-57,59-62,64-65,67-69H,3-14,16,18-19,22-48,50,52-54H2,1-2H3,(H,63,66)/b17-15-,21-20-,51-49+. The van der Waals surface area contributed by atoms with Crippen LogP contribution in [-0.2, 0) is 14.3 Å². The number of hydrogen-bond acceptors (Lipinski definition) is 8. The van der Waals surface area contributed by atoms with E-state index >= 15 is 0 Å². The van der Waals surface area contributed by atoms with Crippen LogP contribution < -0.4 is 5.32 Å². The smallest absolute Gasteiger partial charge is 0.220 e. The predicted molar refractivity (Wildman–Crippen MR) is 300 cm³/mol. The molecule has 0 aliphatic carbocycles. The van der Waals surface area contributed by atoms with Crippen molar-refractivity contribution in [3.05, 3.63) is 36.5 Å². The number of carbonyl (C=O) groups is 1. The highest BCUT2D eigenvalue weighted by Gasteiger charge is 2.44. The number of aliphatic hydroxyl groups excluding tert-OH is 5. The third-order valence-corrected chi connectivity index (χ3v) is 14.7. The number of hydrogen-bond donors (Lipinski definition) is 6. The molecule has 418 valence electrons. The number of ether oxygens (including phenoxy) is 2. The van der Waals surface area contributed by atoms with Crippen molar-refractivity contribution >= 4 is 5.91 Å². The van der Waals surface area contributed by atoms with E-state index in [1.807, 2.05) is 6.08 Å². The van der Waals surface area contributed by atoms with Gasteiger partial charge >= 0.3 is 0 Å². The summed E-state index contributed by atoms with van der Waals surface area (Å²) in [6.07, 6.45) is 60.9. The van der Waals surface area contributed by atoms with E-state index in [0.717, 1.165) is 44.9 Å². The maximum Gasteiger partial charge on any atom is 0.220 e. The van der Waals surface area contributed by atoms with E-state index in [1.54, 1.807) is 6.08 Å². The number of nitrogens with one attached hydrogen (secondary N) is 1. The average molecular weight is 1000 g/mol. The fraction of sp³-hybridized carbons (Fsp3) is 0.887. The van der Waals surface area contributed by atoms with Crippen LogP contribution in [0, 0.1) is 0 Å². The SMILES string of the molecule is CCCCCCC/C=C\C/C=C\CCCCCCCCCCCCCCCCCCCCCCCC(=O)NC(COC1OC(CO)C(O)C(O)C1O)C(O)/C=C/CCCCCCCCCCCCCCC. The fourth-order valence-electron chi connectivity index (χ4n) is 9.84. The van der Waals surface area contributed by atoms with Crippen LogP contribution in [0.3, 0.4) is 0 Å². The lowest BCUT2D eigenvalue weighted by molar-refractivity contribution is -0.302. The summed E-state index contributed by atoms with van der Waals surface area (Å²) in [6, 6.07) is -0.802. The first kappa shape index (κ1) is 67.4. The van der Waals surface area contributed by atoms with Gasteiger partial charge in [-0.25, -0.2) is 0 Å². The number of amides is 1. The van der Waals surface area contributed by atoms with Crippen LogP contribution in [0.15, 0.2) is 36.5 Å². The highest BCUT2D eigenvalue weighted by atomic mass is 16.7. The molecule has 7 unspecified atom stereocenters. The van der Waals surface area contributed by atoms with Gasteiger partial charge in [-0.1, -0.05) is 275 Å². The van der Waals surface area contributed by atoms with Crippen molar-refractivity contribution in [3.63, 3.8) is 0 Å². The number of rotatable bonds is 53. The molecule has 7 atom stereocenters. The zero-order chi connectivity index (χ0) is 51.5. The minimum absolute atomic E-state index is 0.172. The Morgan fingerprint density at radius 2 is 0.831 bits per heavy atom. The monoisotopic (exact) mass is 1000 g/mol. The van der Waals surface area contributed by atoms with E-state index < -0.39 is 49.5 Å². The molecule has 9 nitrogen and oxygen atoms in total. The maximum absolute atomic E-state index is 13.1. The second kappa shape index (κ2) is 51.9. The highest BCUT2D eigenvalue weighted by molar-refractivity contribution is 5.76. The van der Waals surface area contributed by atoms with Gasteiger partial charge in [0.25, 0.3) is 0 Å². The Morgan fingerprint density at radius 3 is 1.21 bits per heavy atom. The molecule has 1 heterocycles. The summed E-state index contributed by atoms with van der Waals surface area (Å²) >= 11 is 0. The van der Waals surface area contributed by atoms with Crippen molar-refractivity contribution in [1.29, 1.82) is 0 Å². The lowest BCUT2D eigenvalue weighted by Gasteiger charge is -2.40. The van der Waals surface area contributed by atoms with Crippen molar-refractivity contribution in [2.24, 2.45) is 0 Å². The zero-order valence-electron chi connectivity index (χ0n) is 46.5. The lowest BCUT2D eigenvalue weighted by atomic mass is 9.99. The van der Waals surface area contributed by atoms with Gasteiger partial charge in [0.05, 0.1) is 25.4 Å². The van der Waals surface area contributed by atoms with E-state index in [2.05, 4.69) is 43.5 Å². The average Bonchev–Trinajstić information content (AvgIpc) is 3.37. The molecule has 0 radical (unpaired) electrons. The van der Waals surface area contributed by atoms with Crippen molar-refractivity contribution in [1.82, 2.24) is 5.32 Å². The van der Waals surface area contributed by atoms with Gasteiger partial charge in [0.2, 0.25) is 5.91 Å². The summed E-state index contributed by atoms with van der Waals surface area (Å²) in [5.41, 5.74) is 0. The molecule has 1 rings (SSSR count). The van der Waals surface area contributed by atoms with Gasteiger partial charge in [-0.15, -0.1) is 0 Å². The number of allylic oxidation sites excluding steroid dienone is 5. The van der Waals surface area contributed by atoms with Crippen LogP contribution in [0.5, 0.6) is 0 Å². The summed E-state index contributed by atoms with van der Waals surface area (Å²) in [6.45, 7) is 3.79. The molecule has 1 saturated heterocycles. The number of aliphatic hydroxyl groups is 5. The van der Waals surface area contributed by atoms with Gasteiger partial charge in [-0.3, -0.25) is 4.79 Å². The molecule has 1 aliphatic heterocycles. The third-order valence-electron chi connectivity index (χ3n) is 14.7. The van der Waals surface area contributed by atoms with Gasteiger partial charge in [0.15, 0.2) is 6.29 Å². The summed E-state index contributed by atoms with van der Waals surface area (Å²) in [4.78, 5) is 13.1. The molecular formula is C62H117NO8. The van der Waals surface area contributed by atoms with Crippen LogP contribution in [0.2, 0.25) is 0 Å². The maximum atomic E-state index is 13.1. The summed E-state index contributed by atoms with van der Waals surface area (Å²) in [5.74, 6) is -0.172. The van der Waals surface area contributed by atoms with E-state index in [-0.39, 0.29) is 12.5 Å². The molecular weight excluding hydrogens is 887 g/mol. The van der Waals surface area contributed by atoms with Crippen molar-refractivity contribution in [2.45, 2.75) is 339 Å². The van der Waals surface area contributed by atoms with Crippen molar-refractivity contribution in [2.75, 3.05) is 13.2 Å². The number of carbonyl (C=O) groups excluding carboxylic acids is 1. The summed E-state index contributed by atoms with van der Waals surface area (Å²) < 4.78 is 11.3. The molecule has 0 aromatic rings. The first-order valence-electron chi connectivity index (χ1n) is 30.7.